The van der Waals surface area contributed by atoms with Gasteiger partial charge in [-0.25, -0.2) is 4.79 Å². The predicted octanol–water partition coefficient (Wildman–Crippen LogP) is 6.93. The molecule has 5 rings (SSSR count). The highest BCUT2D eigenvalue weighted by Gasteiger charge is 2.36. The van der Waals surface area contributed by atoms with Crippen molar-refractivity contribution in [1.82, 2.24) is 10.2 Å². The average Bonchev–Trinajstić information content (AvgIpc) is 3.04. The molecule has 232 valence electrons. The molecular formula is C35H33ClN2O7. The van der Waals surface area contributed by atoms with Crippen LogP contribution in [-0.2, 0) is 22.7 Å². The van der Waals surface area contributed by atoms with Gasteiger partial charge < -0.3 is 18.9 Å². The number of imide groups is 2. The lowest BCUT2D eigenvalue weighted by molar-refractivity contribution is -0.130. The van der Waals surface area contributed by atoms with Crippen molar-refractivity contribution < 1.29 is 33.3 Å². The molecule has 1 aliphatic rings. The normalized spacial score (nSPS) is 14.1. The van der Waals surface area contributed by atoms with Gasteiger partial charge in [-0.15, -0.1) is 0 Å². The number of ether oxygens (including phenoxy) is 4. The van der Waals surface area contributed by atoms with Crippen molar-refractivity contribution in [3.05, 3.63) is 100 Å². The van der Waals surface area contributed by atoms with Gasteiger partial charge >= 0.3 is 6.03 Å². The first-order chi connectivity index (χ1) is 21.8. The maximum Gasteiger partial charge on any atom is 0.331 e. The van der Waals surface area contributed by atoms with E-state index in [2.05, 4.69) is 5.32 Å². The number of urea groups is 1. The lowest BCUT2D eigenvalue weighted by Gasteiger charge is -2.26. The Labute approximate surface area is 266 Å². The Morgan fingerprint density at radius 1 is 0.867 bits per heavy atom. The molecule has 1 saturated heterocycles. The SMILES string of the molecule is CCCOc1ccc(CN2C(=O)NC(=O)/C(=C\c3cc(Cl)c(OCc4cccc5ccccc45)c(OC)c3)C2=O)cc1OCC. The molecule has 0 radical (unpaired) electrons. The number of rotatable bonds is 12. The summed E-state index contributed by atoms with van der Waals surface area (Å²) in [6, 6.07) is 21.5. The van der Waals surface area contributed by atoms with E-state index in [1.165, 1.54) is 13.2 Å². The Balaban J connectivity index is 1.38. The van der Waals surface area contributed by atoms with Gasteiger partial charge in [-0.1, -0.05) is 67.1 Å². The number of methoxy groups -OCH3 is 1. The van der Waals surface area contributed by atoms with Crippen LogP contribution in [-0.4, -0.2) is 43.1 Å². The van der Waals surface area contributed by atoms with Crippen LogP contribution in [0.2, 0.25) is 5.02 Å². The number of benzene rings is 4. The predicted molar refractivity (Wildman–Crippen MR) is 172 cm³/mol. The van der Waals surface area contributed by atoms with E-state index < -0.39 is 17.8 Å². The summed E-state index contributed by atoms with van der Waals surface area (Å²) in [5, 5.41) is 4.63. The van der Waals surface area contributed by atoms with Crippen molar-refractivity contribution in [2.75, 3.05) is 20.3 Å². The second-order valence-corrected chi connectivity index (χ2v) is 10.6. The van der Waals surface area contributed by atoms with Crippen LogP contribution in [0.3, 0.4) is 0 Å². The number of nitrogens with zero attached hydrogens (tertiary/aromatic N) is 1. The van der Waals surface area contributed by atoms with Gasteiger partial charge in [0.05, 0.1) is 31.9 Å². The average molecular weight is 629 g/mol. The van der Waals surface area contributed by atoms with Crippen molar-refractivity contribution in [3.8, 4) is 23.0 Å². The number of carbonyl (C=O) groups excluding carboxylic acids is 3. The zero-order valence-electron chi connectivity index (χ0n) is 25.2. The number of amides is 4. The first-order valence-electron chi connectivity index (χ1n) is 14.6. The van der Waals surface area contributed by atoms with Crippen molar-refractivity contribution >= 4 is 46.3 Å². The van der Waals surface area contributed by atoms with Gasteiger partial charge in [-0.05, 0) is 71.1 Å². The number of barbiturate groups is 1. The smallest absolute Gasteiger partial charge is 0.331 e. The minimum atomic E-state index is -0.820. The molecule has 9 nitrogen and oxygen atoms in total. The summed E-state index contributed by atoms with van der Waals surface area (Å²) >= 11 is 6.63. The zero-order chi connectivity index (χ0) is 31.9. The summed E-state index contributed by atoms with van der Waals surface area (Å²) < 4.78 is 23.1. The van der Waals surface area contributed by atoms with Crippen LogP contribution in [0.25, 0.3) is 16.8 Å². The van der Waals surface area contributed by atoms with Crippen LogP contribution in [0.4, 0.5) is 4.79 Å². The lowest BCUT2D eigenvalue weighted by Crippen LogP contribution is -2.53. The Morgan fingerprint density at radius 3 is 2.44 bits per heavy atom. The monoisotopic (exact) mass is 628 g/mol. The van der Waals surface area contributed by atoms with Gasteiger partial charge in [0, 0.05) is 0 Å². The number of hydrogen-bond acceptors (Lipinski definition) is 7. The molecule has 10 heteroatoms. The fraction of sp³-hybridized carbons (Fsp3) is 0.229. The third-order valence-electron chi connectivity index (χ3n) is 7.11. The Hall–Kier alpha value is -5.02. The second-order valence-electron chi connectivity index (χ2n) is 10.2. The van der Waals surface area contributed by atoms with E-state index in [0.29, 0.717) is 47.3 Å². The van der Waals surface area contributed by atoms with Crippen molar-refractivity contribution in [3.63, 3.8) is 0 Å². The van der Waals surface area contributed by atoms with E-state index in [0.717, 1.165) is 27.7 Å². The summed E-state index contributed by atoms with van der Waals surface area (Å²) in [6.07, 6.45) is 2.20. The summed E-state index contributed by atoms with van der Waals surface area (Å²) in [4.78, 5) is 40.0. The number of halogens is 1. The maximum absolute atomic E-state index is 13.5. The minimum absolute atomic E-state index is 0.0888. The number of nitrogens with one attached hydrogen (secondary N) is 1. The highest BCUT2D eigenvalue weighted by atomic mass is 35.5. The summed E-state index contributed by atoms with van der Waals surface area (Å²) in [6.45, 7) is 4.94. The van der Waals surface area contributed by atoms with E-state index in [1.54, 1.807) is 30.3 Å². The van der Waals surface area contributed by atoms with Gasteiger partial charge in [0.15, 0.2) is 23.0 Å². The molecule has 45 heavy (non-hydrogen) atoms. The van der Waals surface area contributed by atoms with Crippen molar-refractivity contribution in [2.45, 2.75) is 33.4 Å². The topological polar surface area (TPSA) is 103 Å². The van der Waals surface area contributed by atoms with Gasteiger partial charge in [0.2, 0.25) is 0 Å². The molecule has 0 aromatic heterocycles. The van der Waals surface area contributed by atoms with E-state index in [4.69, 9.17) is 30.5 Å². The minimum Gasteiger partial charge on any atom is -0.493 e. The molecule has 1 N–H and O–H groups in total. The molecule has 1 heterocycles. The molecule has 1 fully saturated rings. The molecular weight excluding hydrogens is 596 g/mol. The highest BCUT2D eigenvalue weighted by Crippen LogP contribution is 2.38. The molecule has 0 atom stereocenters. The zero-order valence-corrected chi connectivity index (χ0v) is 26.0. The highest BCUT2D eigenvalue weighted by molar-refractivity contribution is 6.33. The lowest BCUT2D eigenvalue weighted by atomic mass is 10.1. The van der Waals surface area contributed by atoms with Crippen molar-refractivity contribution in [1.29, 1.82) is 0 Å². The molecule has 4 aromatic rings. The van der Waals surface area contributed by atoms with Crippen LogP contribution in [0, 0.1) is 0 Å². The molecule has 0 spiro atoms. The second kappa shape index (κ2) is 14.2. The Bertz CT molecular complexity index is 1780. The fourth-order valence-corrected chi connectivity index (χ4v) is 5.24. The molecule has 0 aliphatic carbocycles. The summed E-state index contributed by atoms with van der Waals surface area (Å²) in [5.74, 6) is 0.153. The van der Waals surface area contributed by atoms with Gasteiger partial charge in [0.1, 0.15) is 12.2 Å². The fourth-order valence-electron chi connectivity index (χ4n) is 4.97. The van der Waals surface area contributed by atoms with Crippen LogP contribution in [0.15, 0.2) is 78.4 Å². The van der Waals surface area contributed by atoms with Crippen LogP contribution < -0.4 is 24.3 Å². The van der Waals surface area contributed by atoms with E-state index in [-0.39, 0.29) is 23.7 Å². The number of fused-ring (bicyclic) bond motifs is 1. The molecule has 0 bridgehead atoms. The Morgan fingerprint density at radius 2 is 1.67 bits per heavy atom. The quantitative estimate of drug-likeness (QED) is 0.134. The molecule has 4 aromatic carbocycles. The van der Waals surface area contributed by atoms with E-state index in [9.17, 15) is 14.4 Å². The molecule has 1 aliphatic heterocycles. The standard InChI is InChI=1S/C35H33ClN2O7/c1-4-15-44-29-14-13-22(18-30(29)43-5-2)20-38-34(40)27(33(39)37-35(38)41)16-23-17-28(36)32(31(19-23)42-3)45-21-25-11-8-10-24-9-6-7-12-26(24)25/h6-14,16-19H,4-5,15,20-21H2,1-3H3,(H,37,39,41)/b27-16+. The van der Waals surface area contributed by atoms with Crippen LogP contribution >= 0.6 is 11.6 Å². The largest absolute Gasteiger partial charge is 0.493 e. The first-order valence-corrected chi connectivity index (χ1v) is 14.9. The van der Waals surface area contributed by atoms with Crippen molar-refractivity contribution in [2.24, 2.45) is 0 Å². The molecule has 0 saturated carbocycles. The van der Waals surface area contributed by atoms with Gasteiger partial charge in [-0.3, -0.25) is 19.8 Å². The van der Waals surface area contributed by atoms with Crippen LogP contribution in [0.1, 0.15) is 37.0 Å². The third kappa shape index (κ3) is 7.05. The number of hydrogen-bond donors (Lipinski definition) is 1. The molecule has 0 unspecified atom stereocenters. The molecule has 4 amide bonds. The van der Waals surface area contributed by atoms with E-state index in [1.807, 2.05) is 56.3 Å². The number of carbonyl (C=O) groups is 3. The Kier molecular flexibility index (Phi) is 9.89. The third-order valence-corrected chi connectivity index (χ3v) is 7.39. The maximum atomic E-state index is 13.5. The first kappa shape index (κ1) is 31.4. The summed E-state index contributed by atoms with van der Waals surface area (Å²) in [7, 11) is 1.47. The summed E-state index contributed by atoms with van der Waals surface area (Å²) in [5.41, 5.74) is 1.78. The van der Waals surface area contributed by atoms with E-state index >= 15 is 0 Å². The van der Waals surface area contributed by atoms with Gasteiger partial charge in [-0.2, -0.15) is 0 Å². The van der Waals surface area contributed by atoms with Gasteiger partial charge in [0.25, 0.3) is 11.8 Å². The van der Waals surface area contributed by atoms with Crippen LogP contribution in [0.5, 0.6) is 23.0 Å².